The molecule has 122 valence electrons. The SMILES string of the molecule is C[C@H](NCC1CCCN1C(=O)OC(C)(C)C)c1ccncc1. The van der Waals surface area contributed by atoms with Crippen molar-refractivity contribution in [3.05, 3.63) is 30.1 Å². The van der Waals surface area contributed by atoms with Gasteiger partial charge in [-0.1, -0.05) is 0 Å². The van der Waals surface area contributed by atoms with Crippen LogP contribution in [0.5, 0.6) is 0 Å². The number of hydrogen-bond acceptors (Lipinski definition) is 4. The Labute approximate surface area is 133 Å². The first kappa shape index (κ1) is 16.7. The highest BCUT2D eigenvalue weighted by atomic mass is 16.6. The van der Waals surface area contributed by atoms with E-state index in [9.17, 15) is 4.79 Å². The van der Waals surface area contributed by atoms with E-state index < -0.39 is 5.60 Å². The number of rotatable bonds is 4. The standard InChI is InChI=1S/C17H27N3O2/c1-13(14-7-9-18-10-8-14)19-12-15-6-5-11-20(15)16(21)22-17(2,3)4/h7-10,13,15,19H,5-6,11-12H2,1-4H3/t13-,15?/m0/s1. The fraction of sp³-hybridized carbons (Fsp3) is 0.647. The van der Waals surface area contributed by atoms with Crippen LogP contribution in [0.4, 0.5) is 4.79 Å². The first-order chi connectivity index (χ1) is 10.4. The highest BCUT2D eigenvalue weighted by molar-refractivity contribution is 5.69. The van der Waals surface area contributed by atoms with Gasteiger partial charge in [0.1, 0.15) is 5.60 Å². The molecule has 22 heavy (non-hydrogen) atoms. The molecule has 0 saturated carbocycles. The summed E-state index contributed by atoms with van der Waals surface area (Å²) in [6.45, 7) is 9.40. The first-order valence-electron chi connectivity index (χ1n) is 8.00. The number of amides is 1. The van der Waals surface area contributed by atoms with Crippen molar-refractivity contribution in [2.45, 2.75) is 58.2 Å². The number of likely N-dealkylation sites (tertiary alicyclic amines) is 1. The molecule has 5 heteroatoms. The predicted molar refractivity (Wildman–Crippen MR) is 86.6 cm³/mol. The number of ether oxygens (including phenoxy) is 1. The number of carbonyl (C=O) groups excluding carboxylic acids is 1. The molecule has 1 saturated heterocycles. The molecule has 2 rings (SSSR count). The first-order valence-corrected chi connectivity index (χ1v) is 8.00. The lowest BCUT2D eigenvalue weighted by Crippen LogP contribution is -2.44. The van der Waals surface area contributed by atoms with Gasteiger partial charge >= 0.3 is 6.09 Å². The van der Waals surface area contributed by atoms with Crippen molar-refractivity contribution in [2.24, 2.45) is 0 Å². The minimum absolute atomic E-state index is 0.201. The van der Waals surface area contributed by atoms with Crippen molar-refractivity contribution in [3.8, 4) is 0 Å². The van der Waals surface area contributed by atoms with Gasteiger partial charge in [-0.05, 0) is 58.2 Å². The molecule has 0 bridgehead atoms. The molecule has 0 aromatic carbocycles. The molecule has 1 unspecified atom stereocenters. The molecule has 0 aliphatic carbocycles. The Morgan fingerprint density at radius 2 is 2.14 bits per heavy atom. The Kier molecular flexibility index (Phi) is 5.40. The number of aromatic nitrogens is 1. The van der Waals surface area contributed by atoms with Crippen LogP contribution in [0.3, 0.4) is 0 Å². The van der Waals surface area contributed by atoms with Crippen LogP contribution in [0.1, 0.15) is 52.1 Å². The fourth-order valence-corrected chi connectivity index (χ4v) is 2.69. The van der Waals surface area contributed by atoms with Gasteiger partial charge in [-0.25, -0.2) is 4.79 Å². The average molecular weight is 305 g/mol. The number of carbonyl (C=O) groups is 1. The summed E-state index contributed by atoms with van der Waals surface area (Å²) < 4.78 is 5.49. The van der Waals surface area contributed by atoms with Crippen LogP contribution in [0.25, 0.3) is 0 Å². The average Bonchev–Trinajstić information content (AvgIpc) is 2.92. The molecule has 0 radical (unpaired) electrons. The maximum Gasteiger partial charge on any atom is 0.410 e. The molecule has 1 aromatic rings. The van der Waals surface area contributed by atoms with E-state index in [0.29, 0.717) is 0 Å². The van der Waals surface area contributed by atoms with Gasteiger partial charge in [0.15, 0.2) is 0 Å². The second kappa shape index (κ2) is 7.09. The van der Waals surface area contributed by atoms with E-state index in [1.165, 1.54) is 5.56 Å². The predicted octanol–water partition coefficient (Wildman–Crippen LogP) is 3.13. The third-order valence-electron chi connectivity index (χ3n) is 3.87. The van der Waals surface area contributed by atoms with E-state index in [4.69, 9.17) is 4.74 Å². The van der Waals surface area contributed by atoms with Gasteiger partial charge in [0, 0.05) is 37.6 Å². The van der Waals surface area contributed by atoms with Crippen molar-refractivity contribution in [3.63, 3.8) is 0 Å². The second-order valence-corrected chi connectivity index (χ2v) is 6.88. The Hall–Kier alpha value is -1.62. The lowest BCUT2D eigenvalue weighted by molar-refractivity contribution is 0.0225. The summed E-state index contributed by atoms with van der Waals surface area (Å²) in [7, 11) is 0. The van der Waals surface area contributed by atoms with Crippen molar-refractivity contribution < 1.29 is 9.53 Å². The lowest BCUT2D eigenvalue weighted by atomic mass is 10.1. The molecule has 1 aliphatic rings. The minimum Gasteiger partial charge on any atom is -0.444 e. The van der Waals surface area contributed by atoms with Gasteiger partial charge in [0.2, 0.25) is 0 Å². The highest BCUT2D eigenvalue weighted by Crippen LogP contribution is 2.21. The Morgan fingerprint density at radius 1 is 1.45 bits per heavy atom. The molecule has 1 aliphatic heterocycles. The van der Waals surface area contributed by atoms with Crippen LogP contribution in [0.2, 0.25) is 0 Å². The smallest absolute Gasteiger partial charge is 0.410 e. The lowest BCUT2D eigenvalue weighted by Gasteiger charge is -2.29. The molecule has 1 fully saturated rings. The normalized spacial score (nSPS) is 20.0. The molecule has 5 nitrogen and oxygen atoms in total. The molecule has 2 heterocycles. The minimum atomic E-state index is -0.442. The van der Waals surface area contributed by atoms with Gasteiger partial charge in [-0.2, -0.15) is 0 Å². The van der Waals surface area contributed by atoms with Gasteiger partial charge in [-0.3, -0.25) is 4.98 Å². The molecule has 1 aromatic heterocycles. The summed E-state index contributed by atoms with van der Waals surface area (Å²) in [6, 6.07) is 4.47. The van der Waals surface area contributed by atoms with Crippen molar-refractivity contribution in [2.75, 3.05) is 13.1 Å². The molecule has 1 N–H and O–H groups in total. The summed E-state index contributed by atoms with van der Waals surface area (Å²) in [5, 5.41) is 3.51. The van der Waals surface area contributed by atoms with Crippen molar-refractivity contribution in [1.29, 1.82) is 0 Å². The Morgan fingerprint density at radius 3 is 2.77 bits per heavy atom. The van der Waals surface area contributed by atoms with Crippen LogP contribution >= 0.6 is 0 Å². The summed E-state index contributed by atoms with van der Waals surface area (Å²) in [6.07, 6.45) is 5.46. The summed E-state index contributed by atoms with van der Waals surface area (Å²) in [4.78, 5) is 18.1. The molecule has 2 atom stereocenters. The largest absolute Gasteiger partial charge is 0.444 e. The zero-order valence-electron chi connectivity index (χ0n) is 14.0. The maximum atomic E-state index is 12.3. The second-order valence-electron chi connectivity index (χ2n) is 6.88. The number of hydrogen-bond donors (Lipinski definition) is 1. The van der Waals surface area contributed by atoms with Crippen LogP contribution < -0.4 is 5.32 Å². The van der Waals surface area contributed by atoms with Crippen LogP contribution in [-0.4, -0.2) is 40.7 Å². The van der Waals surface area contributed by atoms with E-state index in [-0.39, 0.29) is 18.2 Å². The topological polar surface area (TPSA) is 54.5 Å². The zero-order chi connectivity index (χ0) is 16.2. The summed E-state index contributed by atoms with van der Waals surface area (Å²) in [5.74, 6) is 0. The molecular formula is C17H27N3O2. The number of nitrogens with zero attached hydrogens (tertiary/aromatic N) is 2. The Balaban J connectivity index is 1.87. The zero-order valence-corrected chi connectivity index (χ0v) is 14.0. The number of nitrogens with one attached hydrogen (secondary N) is 1. The van der Waals surface area contributed by atoms with Crippen LogP contribution in [-0.2, 0) is 4.74 Å². The fourth-order valence-electron chi connectivity index (χ4n) is 2.69. The maximum absolute atomic E-state index is 12.3. The van der Waals surface area contributed by atoms with Crippen molar-refractivity contribution >= 4 is 6.09 Å². The highest BCUT2D eigenvalue weighted by Gasteiger charge is 2.32. The van der Waals surface area contributed by atoms with Gasteiger partial charge < -0.3 is 15.0 Å². The van der Waals surface area contributed by atoms with E-state index in [2.05, 4.69) is 17.2 Å². The Bertz CT molecular complexity index is 484. The van der Waals surface area contributed by atoms with E-state index in [1.54, 1.807) is 12.4 Å². The van der Waals surface area contributed by atoms with Crippen molar-refractivity contribution in [1.82, 2.24) is 15.2 Å². The van der Waals surface area contributed by atoms with E-state index in [1.807, 2.05) is 37.8 Å². The van der Waals surface area contributed by atoms with Gasteiger partial charge in [0.05, 0.1) is 0 Å². The molecule has 0 spiro atoms. The van der Waals surface area contributed by atoms with E-state index in [0.717, 1.165) is 25.9 Å². The van der Waals surface area contributed by atoms with Crippen LogP contribution in [0.15, 0.2) is 24.5 Å². The van der Waals surface area contributed by atoms with Crippen LogP contribution in [0, 0.1) is 0 Å². The monoisotopic (exact) mass is 305 g/mol. The summed E-state index contributed by atoms with van der Waals surface area (Å²) >= 11 is 0. The number of pyridine rings is 1. The summed E-state index contributed by atoms with van der Waals surface area (Å²) in [5.41, 5.74) is 0.763. The van der Waals surface area contributed by atoms with Gasteiger partial charge in [-0.15, -0.1) is 0 Å². The molecule has 1 amide bonds. The third kappa shape index (κ3) is 4.70. The third-order valence-corrected chi connectivity index (χ3v) is 3.87. The molecular weight excluding hydrogens is 278 g/mol. The quantitative estimate of drug-likeness (QED) is 0.928. The van der Waals surface area contributed by atoms with Gasteiger partial charge in [0.25, 0.3) is 0 Å². The van der Waals surface area contributed by atoms with E-state index >= 15 is 0 Å².